The Balaban J connectivity index is 2.94. The number of alkyl halides is 1. The van der Waals surface area contributed by atoms with E-state index >= 15 is 0 Å². The Hall–Kier alpha value is -1.13. The largest absolute Gasteiger partial charge is 0.479 e. The monoisotopic (exact) mass is 246 g/mol. The lowest BCUT2D eigenvalue weighted by Gasteiger charge is -2.09. The number of halogens is 2. The van der Waals surface area contributed by atoms with Crippen molar-refractivity contribution in [3.8, 4) is 0 Å². The molecule has 1 atom stereocenters. The van der Waals surface area contributed by atoms with E-state index in [1.54, 1.807) is 6.07 Å². The van der Waals surface area contributed by atoms with Crippen LogP contribution in [0.4, 0.5) is 4.39 Å². The number of carboxylic acids is 1. The maximum absolute atomic E-state index is 13.3. The molecule has 88 valence electrons. The van der Waals surface area contributed by atoms with Crippen molar-refractivity contribution in [1.82, 2.24) is 0 Å². The van der Waals surface area contributed by atoms with Gasteiger partial charge in [0.1, 0.15) is 5.82 Å². The molecule has 0 amide bonds. The van der Waals surface area contributed by atoms with E-state index in [1.165, 1.54) is 6.07 Å². The normalized spacial score (nSPS) is 12.4. The molecule has 0 aliphatic carbocycles. The molecule has 0 spiro atoms. The van der Waals surface area contributed by atoms with E-state index in [-0.39, 0.29) is 5.56 Å². The van der Waals surface area contributed by atoms with Gasteiger partial charge in [-0.2, -0.15) is 0 Å². The van der Waals surface area contributed by atoms with E-state index in [0.717, 1.165) is 18.1 Å². The van der Waals surface area contributed by atoms with Gasteiger partial charge >= 0.3 is 5.97 Å². The van der Waals surface area contributed by atoms with Gasteiger partial charge in [-0.3, -0.25) is 0 Å². The van der Waals surface area contributed by atoms with E-state index in [2.05, 4.69) is 0 Å². The van der Waals surface area contributed by atoms with Crippen LogP contribution in [0.25, 0.3) is 0 Å². The van der Waals surface area contributed by atoms with Crippen molar-refractivity contribution in [2.24, 2.45) is 0 Å². The topological polar surface area (TPSA) is 57.5 Å². The number of aryl methyl sites for hydroxylation is 1. The van der Waals surface area contributed by atoms with Gasteiger partial charge in [-0.15, -0.1) is 11.6 Å². The number of aliphatic hydroxyl groups excluding tert-OH is 1. The summed E-state index contributed by atoms with van der Waals surface area (Å²) in [6.07, 6.45) is -0.477. The minimum atomic E-state index is -1.82. The van der Waals surface area contributed by atoms with Crippen molar-refractivity contribution in [3.05, 3.63) is 35.1 Å². The van der Waals surface area contributed by atoms with Crippen molar-refractivity contribution < 1.29 is 19.4 Å². The first-order valence-corrected chi connectivity index (χ1v) is 5.35. The predicted octanol–water partition coefficient (Wildman–Crippen LogP) is 2.12. The maximum atomic E-state index is 13.3. The van der Waals surface area contributed by atoms with Crippen LogP contribution in [-0.2, 0) is 11.2 Å². The molecule has 2 N–H and O–H groups in total. The molecule has 5 heteroatoms. The molecule has 0 aliphatic rings. The third kappa shape index (κ3) is 3.18. The lowest BCUT2D eigenvalue weighted by atomic mass is 10.0. The van der Waals surface area contributed by atoms with Crippen LogP contribution < -0.4 is 0 Å². The fraction of sp³-hybridized carbons (Fsp3) is 0.364. The Morgan fingerprint density at radius 2 is 2.19 bits per heavy atom. The zero-order valence-electron chi connectivity index (χ0n) is 8.49. The number of rotatable bonds is 5. The van der Waals surface area contributed by atoms with Crippen LogP contribution in [0.5, 0.6) is 0 Å². The SMILES string of the molecule is O=C(O)C(O)c1cc(CCCCl)ccc1F. The van der Waals surface area contributed by atoms with Gasteiger partial charge in [0, 0.05) is 11.4 Å². The zero-order chi connectivity index (χ0) is 12.1. The van der Waals surface area contributed by atoms with E-state index in [4.69, 9.17) is 16.7 Å². The molecular weight excluding hydrogens is 235 g/mol. The Kier molecular flexibility index (Phi) is 4.71. The molecular formula is C11H12ClFO3. The van der Waals surface area contributed by atoms with Gasteiger partial charge in [-0.25, -0.2) is 9.18 Å². The lowest BCUT2D eigenvalue weighted by Crippen LogP contribution is -2.12. The molecule has 0 radical (unpaired) electrons. The first-order valence-electron chi connectivity index (χ1n) is 4.81. The van der Waals surface area contributed by atoms with E-state index in [1.807, 2.05) is 0 Å². The van der Waals surface area contributed by atoms with E-state index < -0.39 is 17.9 Å². The second-order valence-electron chi connectivity index (χ2n) is 3.39. The van der Waals surface area contributed by atoms with Gasteiger partial charge in [0.2, 0.25) is 0 Å². The summed E-state index contributed by atoms with van der Waals surface area (Å²) in [5.74, 6) is -1.70. The maximum Gasteiger partial charge on any atom is 0.337 e. The fourth-order valence-corrected chi connectivity index (χ4v) is 1.50. The molecule has 1 aromatic carbocycles. The van der Waals surface area contributed by atoms with Gasteiger partial charge in [0.25, 0.3) is 0 Å². The molecule has 1 unspecified atom stereocenters. The highest BCUT2D eigenvalue weighted by Gasteiger charge is 2.20. The van der Waals surface area contributed by atoms with Crippen molar-refractivity contribution in [3.63, 3.8) is 0 Å². The van der Waals surface area contributed by atoms with Gasteiger partial charge in [-0.1, -0.05) is 6.07 Å². The zero-order valence-corrected chi connectivity index (χ0v) is 9.25. The van der Waals surface area contributed by atoms with Crippen molar-refractivity contribution in [2.45, 2.75) is 18.9 Å². The predicted molar refractivity (Wildman–Crippen MR) is 58.0 cm³/mol. The van der Waals surface area contributed by atoms with Crippen LogP contribution >= 0.6 is 11.6 Å². The summed E-state index contributed by atoms with van der Waals surface area (Å²) >= 11 is 5.52. The van der Waals surface area contributed by atoms with Gasteiger partial charge in [0.15, 0.2) is 6.10 Å². The second-order valence-corrected chi connectivity index (χ2v) is 3.77. The third-order valence-corrected chi connectivity index (χ3v) is 2.46. The average Bonchev–Trinajstić information content (AvgIpc) is 2.27. The summed E-state index contributed by atoms with van der Waals surface area (Å²) in [5, 5.41) is 17.9. The molecule has 0 aliphatic heterocycles. The Bertz CT molecular complexity index is 381. The molecule has 16 heavy (non-hydrogen) atoms. The Morgan fingerprint density at radius 1 is 1.50 bits per heavy atom. The molecule has 0 fully saturated rings. The number of aliphatic hydroxyl groups is 1. The molecule has 0 bridgehead atoms. The highest BCUT2D eigenvalue weighted by Crippen LogP contribution is 2.19. The summed E-state index contributed by atoms with van der Waals surface area (Å²) in [6.45, 7) is 0. The lowest BCUT2D eigenvalue weighted by molar-refractivity contribution is -0.147. The van der Waals surface area contributed by atoms with Crippen LogP contribution in [0.3, 0.4) is 0 Å². The van der Waals surface area contributed by atoms with Crippen LogP contribution in [0.1, 0.15) is 23.7 Å². The minimum absolute atomic E-state index is 0.209. The Morgan fingerprint density at radius 3 is 2.75 bits per heavy atom. The van der Waals surface area contributed by atoms with Crippen LogP contribution in [0, 0.1) is 5.82 Å². The highest BCUT2D eigenvalue weighted by molar-refractivity contribution is 6.17. The molecule has 1 aromatic rings. The number of carbonyl (C=O) groups is 1. The first kappa shape index (κ1) is 12.9. The summed E-state index contributed by atoms with van der Waals surface area (Å²) < 4.78 is 13.3. The minimum Gasteiger partial charge on any atom is -0.479 e. The van der Waals surface area contributed by atoms with Crippen molar-refractivity contribution in [2.75, 3.05) is 5.88 Å². The van der Waals surface area contributed by atoms with Crippen LogP contribution in [0.2, 0.25) is 0 Å². The summed E-state index contributed by atoms with van der Waals surface area (Å²) in [7, 11) is 0. The molecule has 0 heterocycles. The molecule has 0 aromatic heterocycles. The molecule has 0 saturated heterocycles. The van der Waals surface area contributed by atoms with Gasteiger partial charge < -0.3 is 10.2 Å². The number of hydrogen-bond acceptors (Lipinski definition) is 2. The quantitative estimate of drug-likeness (QED) is 0.783. The van der Waals surface area contributed by atoms with Gasteiger partial charge in [-0.05, 0) is 30.5 Å². The summed E-state index contributed by atoms with van der Waals surface area (Å²) in [4.78, 5) is 10.5. The summed E-state index contributed by atoms with van der Waals surface area (Å²) in [5.41, 5.74) is 0.553. The second kappa shape index (κ2) is 5.82. The van der Waals surface area contributed by atoms with Gasteiger partial charge in [0.05, 0.1) is 0 Å². The number of carboxylic acid groups (broad SMARTS) is 1. The molecule has 1 rings (SSSR count). The number of benzene rings is 1. The van der Waals surface area contributed by atoms with Crippen molar-refractivity contribution in [1.29, 1.82) is 0 Å². The summed E-state index contributed by atoms with van der Waals surface area (Å²) in [6, 6.07) is 4.08. The van der Waals surface area contributed by atoms with Crippen LogP contribution in [-0.4, -0.2) is 22.1 Å². The molecule has 0 saturated carbocycles. The fourth-order valence-electron chi connectivity index (χ4n) is 1.36. The third-order valence-electron chi connectivity index (χ3n) is 2.19. The molecule has 3 nitrogen and oxygen atoms in total. The first-order chi connectivity index (χ1) is 7.56. The van der Waals surface area contributed by atoms with E-state index in [9.17, 15) is 14.3 Å². The van der Waals surface area contributed by atoms with E-state index in [0.29, 0.717) is 12.3 Å². The van der Waals surface area contributed by atoms with Crippen molar-refractivity contribution >= 4 is 17.6 Å². The highest BCUT2D eigenvalue weighted by atomic mass is 35.5. The number of aliphatic carboxylic acids is 1. The standard InChI is InChI=1S/C11H12ClFO3/c12-5-1-2-7-3-4-9(13)8(6-7)10(14)11(15)16/h3-4,6,10,14H,1-2,5H2,(H,15,16). The smallest absolute Gasteiger partial charge is 0.337 e. The Labute approximate surface area is 97.5 Å². The average molecular weight is 247 g/mol. The number of hydrogen-bond donors (Lipinski definition) is 2. The van der Waals surface area contributed by atoms with Crippen LogP contribution in [0.15, 0.2) is 18.2 Å².